The van der Waals surface area contributed by atoms with E-state index >= 15 is 0 Å². The van der Waals surface area contributed by atoms with Crippen molar-refractivity contribution in [2.75, 3.05) is 42.6 Å². The molecule has 1 atom stereocenters. The number of anilines is 1. The fraction of sp³-hybridized carbons (Fsp3) is 0.524. The zero-order valence-electron chi connectivity index (χ0n) is 15.6. The lowest BCUT2D eigenvalue weighted by Gasteiger charge is -2.32. The highest BCUT2D eigenvalue weighted by atomic mass is 32.2. The van der Waals surface area contributed by atoms with Crippen molar-refractivity contribution in [3.05, 3.63) is 42.0 Å². The molecule has 1 aromatic carbocycles. The van der Waals surface area contributed by atoms with Gasteiger partial charge in [-0.25, -0.2) is 0 Å². The van der Waals surface area contributed by atoms with Crippen molar-refractivity contribution in [1.29, 1.82) is 0 Å². The molecule has 5 heteroatoms. The normalized spacial score (nSPS) is 20.1. The number of thioether (sulfide) groups is 1. The first-order valence-electron chi connectivity index (χ1n) is 9.82. The summed E-state index contributed by atoms with van der Waals surface area (Å²) in [7, 11) is 0. The lowest BCUT2D eigenvalue weighted by atomic mass is 10.0. The minimum atomic E-state index is 0.495. The fourth-order valence-electron chi connectivity index (χ4n) is 3.89. The molecule has 3 heterocycles. The number of rotatable bonds is 4. The number of benzene rings is 1. The van der Waals surface area contributed by atoms with Crippen LogP contribution < -0.4 is 4.90 Å². The fourth-order valence-corrected chi connectivity index (χ4v) is 4.79. The molecular weight excluding hydrogens is 340 g/mol. The maximum Gasteiger partial charge on any atom is 0.151 e. The molecule has 26 heavy (non-hydrogen) atoms. The minimum absolute atomic E-state index is 0.495. The molecule has 0 saturated carbocycles. The molecule has 0 aliphatic carbocycles. The molecule has 0 N–H and O–H groups in total. The predicted octanol–water partition coefficient (Wildman–Crippen LogP) is 4.24. The van der Waals surface area contributed by atoms with Crippen molar-refractivity contribution in [2.45, 2.75) is 32.2 Å². The third kappa shape index (κ3) is 4.04. The molecule has 138 valence electrons. The molecule has 2 fully saturated rings. The van der Waals surface area contributed by atoms with E-state index in [1.54, 1.807) is 0 Å². The van der Waals surface area contributed by atoms with Crippen LogP contribution in [0.2, 0.25) is 0 Å². The van der Waals surface area contributed by atoms with E-state index < -0.39 is 0 Å². The maximum atomic E-state index is 4.48. The highest BCUT2D eigenvalue weighted by molar-refractivity contribution is 7.99. The van der Waals surface area contributed by atoms with Crippen LogP contribution in [0.3, 0.4) is 0 Å². The molecule has 0 radical (unpaired) electrons. The molecule has 2 aromatic rings. The van der Waals surface area contributed by atoms with Gasteiger partial charge in [-0.3, -0.25) is 4.90 Å². The molecule has 2 aliphatic rings. The summed E-state index contributed by atoms with van der Waals surface area (Å²) in [6.07, 6.45) is 4.05. The van der Waals surface area contributed by atoms with E-state index in [4.69, 9.17) is 0 Å². The molecule has 2 aliphatic heterocycles. The Hall–Kier alpha value is -1.59. The standard InChI is InChI=1S/C21H28N4S/c1-17(24-11-3-2-4-12-24)18-5-7-19(8-6-18)20-9-10-21(23-22-20)25-13-15-26-16-14-25/h5-10,17H,2-4,11-16H2,1H3. The average molecular weight is 369 g/mol. The zero-order chi connectivity index (χ0) is 17.8. The van der Waals surface area contributed by atoms with Gasteiger partial charge < -0.3 is 4.90 Å². The van der Waals surface area contributed by atoms with Gasteiger partial charge in [-0.05, 0) is 50.6 Å². The first-order chi connectivity index (χ1) is 12.8. The van der Waals surface area contributed by atoms with Crippen molar-refractivity contribution in [2.24, 2.45) is 0 Å². The minimum Gasteiger partial charge on any atom is -0.353 e. The van der Waals surface area contributed by atoms with Crippen LogP contribution in [0.1, 0.15) is 37.8 Å². The van der Waals surface area contributed by atoms with Crippen LogP contribution in [0.25, 0.3) is 11.3 Å². The lowest BCUT2D eigenvalue weighted by Crippen LogP contribution is -2.33. The van der Waals surface area contributed by atoms with Crippen molar-refractivity contribution in [3.8, 4) is 11.3 Å². The van der Waals surface area contributed by atoms with Crippen molar-refractivity contribution in [3.63, 3.8) is 0 Å². The Kier molecular flexibility index (Phi) is 5.75. The Morgan fingerprint density at radius 1 is 0.846 bits per heavy atom. The highest BCUT2D eigenvalue weighted by Crippen LogP contribution is 2.26. The molecular formula is C21H28N4S. The van der Waals surface area contributed by atoms with E-state index in [1.807, 2.05) is 11.8 Å². The summed E-state index contributed by atoms with van der Waals surface area (Å²) in [5.41, 5.74) is 3.50. The monoisotopic (exact) mass is 368 g/mol. The van der Waals surface area contributed by atoms with Gasteiger partial charge in [-0.2, -0.15) is 11.8 Å². The Morgan fingerprint density at radius 3 is 2.23 bits per heavy atom. The molecule has 0 spiro atoms. The Bertz CT molecular complexity index is 689. The van der Waals surface area contributed by atoms with Crippen LogP contribution in [-0.4, -0.2) is 52.8 Å². The van der Waals surface area contributed by atoms with Gasteiger partial charge in [0.2, 0.25) is 0 Å². The van der Waals surface area contributed by atoms with E-state index in [9.17, 15) is 0 Å². The van der Waals surface area contributed by atoms with Gasteiger partial charge in [0.15, 0.2) is 5.82 Å². The molecule has 2 saturated heterocycles. The number of likely N-dealkylation sites (tertiary alicyclic amines) is 1. The Balaban J connectivity index is 1.44. The number of aromatic nitrogens is 2. The second-order valence-electron chi connectivity index (χ2n) is 7.27. The predicted molar refractivity (Wildman–Crippen MR) is 111 cm³/mol. The van der Waals surface area contributed by atoms with E-state index in [-0.39, 0.29) is 0 Å². The smallest absolute Gasteiger partial charge is 0.151 e. The first-order valence-corrected chi connectivity index (χ1v) is 11.0. The number of hydrogen-bond donors (Lipinski definition) is 0. The van der Waals surface area contributed by atoms with Gasteiger partial charge in [0.05, 0.1) is 5.69 Å². The topological polar surface area (TPSA) is 32.3 Å². The van der Waals surface area contributed by atoms with Gasteiger partial charge in [-0.1, -0.05) is 30.7 Å². The van der Waals surface area contributed by atoms with Gasteiger partial charge in [0.1, 0.15) is 0 Å². The van der Waals surface area contributed by atoms with Gasteiger partial charge in [0, 0.05) is 36.2 Å². The summed E-state index contributed by atoms with van der Waals surface area (Å²) in [6, 6.07) is 13.6. The van der Waals surface area contributed by atoms with Crippen molar-refractivity contribution >= 4 is 17.6 Å². The molecule has 1 unspecified atom stereocenters. The Morgan fingerprint density at radius 2 is 1.58 bits per heavy atom. The van der Waals surface area contributed by atoms with E-state index in [1.165, 1.54) is 49.4 Å². The third-order valence-electron chi connectivity index (χ3n) is 5.61. The molecule has 0 amide bonds. The summed E-state index contributed by atoms with van der Waals surface area (Å²) in [6.45, 7) is 6.92. The summed E-state index contributed by atoms with van der Waals surface area (Å²) in [5, 5.41) is 8.95. The molecule has 1 aromatic heterocycles. The van der Waals surface area contributed by atoms with Crippen LogP contribution in [0.15, 0.2) is 36.4 Å². The average Bonchev–Trinajstić information content (AvgIpc) is 2.75. The van der Waals surface area contributed by atoms with E-state index in [0.29, 0.717) is 6.04 Å². The Labute approximate surface area is 161 Å². The third-order valence-corrected chi connectivity index (χ3v) is 6.56. The van der Waals surface area contributed by atoms with Gasteiger partial charge in [0.25, 0.3) is 0 Å². The summed E-state index contributed by atoms with van der Waals surface area (Å²) in [5.74, 6) is 3.37. The van der Waals surface area contributed by atoms with Crippen molar-refractivity contribution < 1.29 is 0 Å². The summed E-state index contributed by atoms with van der Waals surface area (Å²) < 4.78 is 0. The summed E-state index contributed by atoms with van der Waals surface area (Å²) >= 11 is 2.01. The van der Waals surface area contributed by atoms with E-state index in [0.717, 1.165) is 30.2 Å². The van der Waals surface area contributed by atoms with Crippen LogP contribution in [0.4, 0.5) is 5.82 Å². The summed E-state index contributed by atoms with van der Waals surface area (Å²) in [4.78, 5) is 4.93. The molecule has 4 rings (SSSR count). The molecule has 4 nitrogen and oxygen atoms in total. The zero-order valence-corrected chi connectivity index (χ0v) is 16.4. The molecule has 0 bridgehead atoms. The number of piperidine rings is 1. The number of hydrogen-bond acceptors (Lipinski definition) is 5. The lowest BCUT2D eigenvalue weighted by molar-refractivity contribution is 0.175. The highest BCUT2D eigenvalue weighted by Gasteiger charge is 2.18. The number of nitrogens with zero attached hydrogens (tertiary/aromatic N) is 4. The second-order valence-corrected chi connectivity index (χ2v) is 8.50. The van der Waals surface area contributed by atoms with Crippen LogP contribution in [0.5, 0.6) is 0 Å². The largest absolute Gasteiger partial charge is 0.353 e. The second kappa shape index (κ2) is 8.40. The first kappa shape index (κ1) is 17.8. The van der Waals surface area contributed by atoms with Crippen LogP contribution in [0, 0.1) is 0 Å². The SMILES string of the molecule is CC(c1ccc(-c2ccc(N3CCSCC3)nn2)cc1)N1CCCCC1. The maximum absolute atomic E-state index is 4.48. The van der Waals surface area contributed by atoms with Crippen molar-refractivity contribution in [1.82, 2.24) is 15.1 Å². The van der Waals surface area contributed by atoms with E-state index in [2.05, 4.69) is 63.3 Å². The van der Waals surface area contributed by atoms with Gasteiger partial charge in [-0.15, -0.1) is 10.2 Å². The quantitative estimate of drug-likeness (QED) is 0.806. The van der Waals surface area contributed by atoms with Gasteiger partial charge >= 0.3 is 0 Å². The van der Waals surface area contributed by atoms with Crippen LogP contribution >= 0.6 is 11.8 Å². The van der Waals surface area contributed by atoms with Crippen LogP contribution in [-0.2, 0) is 0 Å².